The van der Waals surface area contributed by atoms with Crippen molar-refractivity contribution in [2.45, 2.75) is 40.5 Å². The van der Waals surface area contributed by atoms with Gasteiger partial charge in [-0.2, -0.15) is 11.8 Å². The van der Waals surface area contributed by atoms with Gasteiger partial charge in [0.25, 0.3) is 0 Å². The molecule has 5 heteroatoms. The van der Waals surface area contributed by atoms with Gasteiger partial charge in [0.05, 0.1) is 0 Å². The molecule has 0 saturated heterocycles. The van der Waals surface area contributed by atoms with E-state index < -0.39 is 0 Å². The van der Waals surface area contributed by atoms with Crippen molar-refractivity contribution in [3.05, 3.63) is 58.7 Å². The third-order valence-corrected chi connectivity index (χ3v) is 5.24. The first-order valence-electron chi connectivity index (χ1n) is 9.17. The lowest BCUT2D eigenvalue weighted by molar-refractivity contribution is -0.116. The van der Waals surface area contributed by atoms with Crippen molar-refractivity contribution in [2.24, 2.45) is 0 Å². The van der Waals surface area contributed by atoms with Crippen LogP contribution in [0.25, 0.3) is 0 Å². The van der Waals surface area contributed by atoms with Crippen LogP contribution in [0.1, 0.15) is 35.1 Å². The van der Waals surface area contributed by atoms with E-state index in [4.69, 9.17) is 0 Å². The summed E-state index contributed by atoms with van der Waals surface area (Å²) in [7, 11) is 0. The third kappa shape index (κ3) is 7.10. The molecule has 2 amide bonds. The van der Waals surface area contributed by atoms with Crippen molar-refractivity contribution in [1.82, 2.24) is 0 Å². The SMILES string of the molecule is Cc1ccc(NC(=O)CCSCCC(=O)Nc2ccc(C)cc2C)c(C)c1. The first-order chi connectivity index (χ1) is 12.8. The summed E-state index contributed by atoms with van der Waals surface area (Å²) in [6, 6.07) is 12.0. The Hall–Kier alpha value is -2.27. The molecule has 2 aromatic rings. The maximum absolute atomic E-state index is 12.0. The smallest absolute Gasteiger partial charge is 0.225 e. The van der Waals surface area contributed by atoms with Gasteiger partial charge in [0.15, 0.2) is 0 Å². The van der Waals surface area contributed by atoms with Crippen LogP contribution in [0.2, 0.25) is 0 Å². The van der Waals surface area contributed by atoms with Crippen molar-refractivity contribution in [2.75, 3.05) is 22.1 Å². The van der Waals surface area contributed by atoms with Crippen molar-refractivity contribution in [3.63, 3.8) is 0 Å². The second-order valence-electron chi connectivity index (χ2n) is 6.85. The summed E-state index contributed by atoms with van der Waals surface area (Å²) in [5, 5.41) is 5.90. The molecule has 144 valence electrons. The van der Waals surface area contributed by atoms with Crippen LogP contribution in [-0.4, -0.2) is 23.3 Å². The molecule has 0 atom stereocenters. The summed E-state index contributed by atoms with van der Waals surface area (Å²) in [6.07, 6.45) is 0.882. The largest absolute Gasteiger partial charge is 0.326 e. The highest BCUT2D eigenvalue weighted by atomic mass is 32.2. The van der Waals surface area contributed by atoms with Crippen LogP contribution in [0.5, 0.6) is 0 Å². The Kier molecular flexibility index (Phi) is 7.92. The number of hydrogen-bond acceptors (Lipinski definition) is 3. The molecule has 0 aliphatic carbocycles. The van der Waals surface area contributed by atoms with Crippen molar-refractivity contribution in [1.29, 1.82) is 0 Å². The maximum atomic E-state index is 12.0. The Morgan fingerprint density at radius 1 is 0.741 bits per heavy atom. The molecule has 0 bridgehead atoms. The molecule has 0 aromatic heterocycles. The highest BCUT2D eigenvalue weighted by Crippen LogP contribution is 2.18. The van der Waals surface area contributed by atoms with Crippen molar-refractivity contribution in [3.8, 4) is 0 Å². The Bertz CT molecular complexity index is 750. The maximum Gasteiger partial charge on any atom is 0.225 e. The predicted octanol–water partition coefficient (Wildman–Crippen LogP) is 5.01. The molecule has 0 unspecified atom stereocenters. The zero-order valence-corrected chi connectivity index (χ0v) is 17.3. The van der Waals surface area contributed by atoms with E-state index in [1.165, 1.54) is 11.1 Å². The fourth-order valence-corrected chi connectivity index (χ4v) is 3.63. The zero-order valence-electron chi connectivity index (χ0n) is 16.5. The summed E-state index contributed by atoms with van der Waals surface area (Å²) in [4.78, 5) is 24.1. The van der Waals surface area contributed by atoms with Gasteiger partial charge in [0.1, 0.15) is 0 Å². The summed E-state index contributed by atoms with van der Waals surface area (Å²) in [5.41, 5.74) is 6.23. The molecule has 27 heavy (non-hydrogen) atoms. The minimum Gasteiger partial charge on any atom is -0.326 e. The number of hydrogen-bond donors (Lipinski definition) is 2. The second-order valence-corrected chi connectivity index (χ2v) is 8.07. The average Bonchev–Trinajstić information content (AvgIpc) is 2.59. The van der Waals surface area contributed by atoms with Gasteiger partial charge in [-0.3, -0.25) is 9.59 Å². The van der Waals surface area contributed by atoms with Gasteiger partial charge in [-0.15, -0.1) is 0 Å². The topological polar surface area (TPSA) is 58.2 Å². The van der Waals surface area contributed by atoms with Crippen LogP contribution in [0.15, 0.2) is 36.4 Å². The van der Waals surface area contributed by atoms with E-state index in [0.29, 0.717) is 24.3 Å². The molecule has 4 nitrogen and oxygen atoms in total. The molecule has 0 radical (unpaired) electrons. The molecule has 2 rings (SSSR count). The summed E-state index contributed by atoms with van der Waals surface area (Å²) < 4.78 is 0. The molecule has 0 spiro atoms. The van der Waals surface area contributed by atoms with Crippen LogP contribution < -0.4 is 10.6 Å². The molecular weight excluding hydrogens is 356 g/mol. The van der Waals surface area contributed by atoms with E-state index in [2.05, 4.69) is 22.8 Å². The van der Waals surface area contributed by atoms with E-state index >= 15 is 0 Å². The minimum atomic E-state index is 0.00850. The van der Waals surface area contributed by atoms with Crippen molar-refractivity contribution >= 4 is 35.0 Å². The second kappa shape index (κ2) is 10.2. The number of thioether (sulfide) groups is 1. The molecule has 0 aliphatic heterocycles. The monoisotopic (exact) mass is 384 g/mol. The molecule has 0 heterocycles. The quantitative estimate of drug-likeness (QED) is 0.629. The molecule has 2 N–H and O–H groups in total. The number of aryl methyl sites for hydroxylation is 4. The number of carbonyl (C=O) groups excluding carboxylic acids is 2. The normalized spacial score (nSPS) is 10.5. The lowest BCUT2D eigenvalue weighted by Crippen LogP contribution is -2.14. The molecule has 0 fully saturated rings. The number of carbonyl (C=O) groups is 2. The first kappa shape index (κ1) is 21.0. The van der Waals surface area contributed by atoms with E-state index in [9.17, 15) is 9.59 Å². The van der Waals surface area contributed by atoms with Crippen LogP contribution >= 0.6 is 11.8 Å². The lowest BCUT2D eigenvalue weighted by atomic mass is 10.1. The Balaban J connectivity index is 1.64. The van der Waals surface area contributed by atoms with Gasteiger partial charge in [-0.25, -0.2) is 0 Å². The van der Waals surface area contributed by atoms with Gasteiger partial charge in [-0.05, 0) is 51.0 Å². The minimum absolute atomic E-state index is 0.00850. The highest BCUT2D eigenvalue weighted by molar-refractivity contribution is 7.99. The van der Waals surface area contributed by atoms with Crippen LogP contribution in [0.3, 0.4) is 0 Å². The number of amides is 2. The first-order valence-corrected chi connectivity index (χ1v) is 10.3. The molecule has 2 aromatic carbocycles. The summed E-state index contributed by atoms with van der Waals surface area (Å²) >= 11 is 1.62. The average molecular weight is 385 g/mol. The van der Waals surface area contributed by atoms with Gasteiger partial charge < -0.3 is 10.6 Å². The van der Waals surface area contributed by atoms with Gasteiger partial charge in [-0.1, -0.05) is 35.4 Å². The van der Waals surface area contributed by atoms with Crippen LogP contribution in [-0.2, 0) is 9.59 Å². The lowest BCUT2D eigenvalue weighted by Gasteiger charge is -2.10. The van der Waals surface area contributed by atoms with Crippen LogP contribution in [0.4, 0.5) is 11.4 Å². The fraction of sp³-hybridized carbons (Fsp3) is 0.364. The highest BCUT2D eigenvalue weighted by Gasteiger charge is 2.07. The van der Waals surface area contributed by atoms with E-state index in [-0.39, 0.29) is 11.8 Å². The third-order valence-electron chi connectivity index (χ3n) is 4.26. The number of benzene rings is 2. The number of rotatable bonds is 8. The van der Waals surface area contributed by atoms with E-state index in [0.717, 1.165) is 22.5 Å². The molecular formula is C22H28N2O2S. The zero-order chi connectivity index (χ0) is 19.8. The van der Waals surface area contributed by atoms with E-state index in [1.54, 1.807) is 11.8 Å². The Morgan fingerprint density at radius 2 is 1.15 bits per heavy atom. The number of nitrogens with one attached hydrogen (secondary N) is 2. The van der Waals surface area contributed by atoms with Gasteiger partial charge in [0, 0.05) is 35.7 Å². The van der Waals surface area contributed by atoms with E-state index in [1.807, 2.05) is 52.0 Å². The Morgan fingerprint density at radius 3 is 1.52 bits per heavy atom. The Labute approximate surface area is 166 Å². The molecule has 0 saturated carbocycles. The van der Waals surface area contributed by atoms with Gasteiger partial charge >= 0.3 is 0 Å². The fourth-order valence-electron chi connectivity index (χ4n) is 2.76. The predicted molar refractivity (Wildman–Crippen MR) is 116 cm³/mol. The van der Waals surface area contributed by atoms with Crippen molar-refractivity contribution < 1.29 is 9.59 Å². The molecule has 0 aliphatic rings. The van der Waals surface area contributed by atoms with Crippen LogP contribution in [0, 0.1) is 27.7 Å². The summed E-state index contributed by atoms with van der Waals surface area (Å²) in [6.45, 7) is 8.05. The van der Waals surface area contributed by atoms with Gasteiger partial charge in [0.2, 0.25) is 11.8 Å². The number of anilines is 2. The standard InChI is InChI=1S/C22H28N2O2S/c1-15-5-7-19(17(3)13-15)23-21(25)9-11-27-12-10-22(26)24-20-8-6-16(2)14-18(20)4/h5-8,13-14H,9-12H2,1-4H3,(H,23,25)(H,24,26). The summed E-state index contributed by atoms with van der Waals surface area (Å²) in [5.74, 6) is 1.42.